The maximum Gasteiger partial charge on any atom is 0.208 e. The van der Waals surface area contributed by atoms with Crippen molar-refractivity contribution in [3.8, 4) is 0 Å². The van der Waals surface area contributed by atoms with Crippen LogP contribution in [0.2, 0.25) is 0 Å². The van der Waals surface area contributed by atoms with E-state index in [1.807, 2.05) is 18.2 Å². The Hall–Kier alpha value is -1.96. The number of nitrogens with one attached hydrogen (secondary N) is 1. The summed E-state index contributed by atoms with van der Waals surface area (Å²) < 4.78 is 33.1. The molecule has 1 aliphatic heterocycles. The first-order valence-electron chi connectivity index (χ1n) is 11.7. The summed E-state index contributed by atoms with van der Waals surface area (Å²) in [6.45, 7) is 4.24. The Morgan fingerprint density at radius 3 is 2.59 bits per heavy atom. The number of rotatable bonds is 7. The van der Waals surface area contributed by atoms with Crippen molar-refractivity contribution in [2.24, 2.45) is 5.92 Å². The topological polar surface area (TPSA) is 71.5 Å². The Bertz CT molecular complexity index is 975. The minimum atomic E-state index is -3.26. The molecule has 6 nitrogen and oxygen atoms in total. The predicted octanol–water partition coefficient (Wildman–Crippen LogP) is 3.88. The van der Waals surface area contributed by atoms with Crippen LogP contribution in [0.4, 0.5) is 5.82 Å². The second-order valence-corrected chi connectivity index (χ2v) is 11.2. The molecule has 2 atom stereocenters. The van der Waals surface area contributed by atoms with Gasteiger partial charge in [-0.05, 0) is 62.6 Å². The highest BCUT2D eigenvalue weighted by atomic mass is 32.2. The lowest BCUT2D eigenvalue weighted by molar-refractivity contribution is -0.00213. The quantitative estimate of drug-likeness (QED) is 0.683. The van der Waals surface area contributed by atoms with Gasteiger partial charge in [-0.3, -0.25) is 0 Å². The van der Waals surface area contributed by atoms with Crippen LogP contribution in [-0.4, -0.2) is 51.5 Å². The van der Waals surface area contributed by atoms with Gasteiger partial charge >= 0.3 is 0 Å². The van der Waals surface area contributed by atoms with Gasteiger partial charge in [0.2, 0.25) is 10.0 Å². The Kier molecular flexibility index (Phi) is 7.48. The van der Waals surface area contributed by atoms with Crippen LogP contribution in [0.5, 0.6) is 0 Å². The molecule has 0 radical (unpaired) electrons. The third-order valence-electron chi connectivity index (χ3n) is 6.81. The fourth-order valence-corrected chi connectivity index (χ4v) is 5.99. The average molecular weight is 458 g/mol. The maximum absolute atomic E-state index is 11.9. The second kappa shape index (κ2) is 10.3. The summed E-state index contributed by atoms with van der Waals surface area (Å²) in [7, 11) is -3.26. The second-order valence-electron chi connectivity index (χ2n) is 9.40. The van der Waals surface area contributed by atoms with Gasteiger partial charge in [0.05, 0.1) is 19.0 Å². The van der Waals surface area contributed by atoms with Gasteiger partial charge in [-0.1, -0.05) is 35.9 Å². The van der Waals surface area contributed by atoms with E-state index in [0.717, 1.165) is 51.0 Å². The standard InChI is InChI=1S/C25H35N3O3S/c1-19-6-5-7-21(16-19)20-9-11-23(12-10-20)31-18-22-17-28(25-8-3-4-14-26-25)15-13-24(22)27-32(2,29)30/h3-8,14,16,20,22-24,27H,9-13,15,17-18H2,1-2H3/t20-,22-,23+,24-/m0/s1. The number of aryl methyl sites for hydroxylation is 1. The molecule has 1 saturated heterocycles. The van der Waals surface area contributed by atoms with E-state index in [1.165, 1.54) is 17.4 Å². The van der Waals surface area contributed by atoms with Gasteiger partial charge < -0.3 is 9.64 Å². The Morgan fingerprint density at radius 1 is 1.09 bits per heavy atom. The van der Waals surface area contributed by atoms with Gasteiger partial charge in [-0.2, -0.15) is 0 Å². The van der Waals surface area contributed by atoms with Crippen LogP contribution in [0, 0.1) is 12.8 Å². The molecule has 0 spiro atoms. The zero-order chi connectivity index (χ0) is 22.6. The number of benzene rings is 1. The number of aromatic nitrogens is 1. The fourth-order valence-electron chi connectivity index (χ4n) is 5.13. The van der Waals surface area contributed by atoms with Crippen LogP contribution in [0.3, 0.4) is 0 Å². The molecule has 32 heavy (non-hydrogen) atoms. The smallest absolute Gasteiger partial charge is 0.208 e. The van der Waals surface area contributed by atoms with Crippen molar-refractivity contribution in [1.82, 2.24) is 9.71 Å². The lowest BCUT2D eigenvalue weighted by atomic mass is 9.82. The molecular formula is C25H35N3O3S. The average Bonchev–Trinajstić information content (AvgIpc) is 2.78. The van der Waals surface area contributed by atoms with Crippen LogP contribution in [0.1, 0.15) is 49.1 Å². The molecular weight excluding hydrogens is 422 g/mol. The van der Waals surface area contributed by atoms with E-state index in [2.05, 4.69) is 45.8 Å². The number of pyridine rings is 1. The summed E-state index contributed by atoms with van der Waals surface area (Å²) in [6.07, 6.45) is 8.43. The molecule has 7 heteroatoms. The van der Waals surface area contributed by atoms with Crippen molar-refractivity contribution in [3.63, 3.8) is 0 Å². The molecule has 0 unspecified atom stereocenters. The van der Waals surface area contributed by atoms with Crippen LogP contribution < -0.4 is 9.62 Å². The van der Waals surface area contributed by atoms with Gasteiger partial charge in [-0.15, -0.1) is 0 Å². The largest absolute Gasteiger partial charge is 0.378 e. The molecule has 2 fully saturated rings. The number of nitrogens with zero attached hydrogens (tertiary/aromatic N) is 2. The van der Waals surface area contributed by atoms with Crippen molar-refractivity contribution >= 4 is 15.8 Å². The lowest BCUT2D eigenvalue weighted by Crippen LogP contribution is -2.52. The summed E-state index contributed by atoms with van der Waals surface area (Å²) in [6, 6.07) is 14.7. The highest BCUT2D eigenvalue weighted by Gasteiger charge is 2.33. The minimum absolute atomic E-state index is 0.0926. The number of hydrogen-bond donors (Lipinski definition) is 1. The van der Waals surface area contributed by atoms with E-state index in [9.17, 15) is 8.42 Å². The van der Waals surface area contributed by atoms with Gasteiger partial charge in [0.15, 0.2) is 0 Å². The number of sulfonamides is 1. The normalized spacial score (nSPS) is 26.8. The van der Waals surface area contributed by atoms with E-state index in [4.69, 9.17) is 4.74 Å². The van der Waals surface area contributed by atoms with Crippen LogP contribution in [0.15, 0.2) is 48.7 Å². The molecule has 1 N–H and O–H groups in total. The van der Waals surface area contributed by atoms with Crippen molar-refractivity contribution < 1.29 is 13.2 Å². The number of piperidine rings is 1. The Balaban J connectivity index is 1.34. The van der Waals surface area contributed by atoms with Gasteiger partial charge in [0, 0.05) is 31.2 Å². The molecule has 1 saturated carbocycles. The number of anilines is 1. The molecule has 2 heterocycles. The maximum atomic E-state index is 11.9. The van der Waals surface area contributed by atoms with E-state index < -0.39 is 10.0 Å². The minimum Gasteiger partial charge on any atom is -0.378 e. The first-order valence-corrected chi connectivity index (χ1v) is 13.6. The first-order chi connectivity index (χ1) is 15.4. The van der Waals surface area contributed by atoms with Crippen molar-refractivity contribution in [3.05, 3.63) is 59.8 Å². The third kappa shape index (κ3) is 6.30. The summed E-state index contributed by atoms with van der Waals surface area (Å²) in [5.74, 6) is 1.65. The molecule has 2 aromatic rings. The molecule has 174 valence electrons. The van der Waals surface area contributed by atoms with Crippen LogP contribution in [-0.2, 0) is 14.8 Å². The Labute approximate surface area is 192 Å². The van der Waals surface area contributed by atoms with E-state index in [1.54, 1.807) is 6.20 Å². The molecule has 1 aromatic carbocycles. The molecule has 1 aromatic heterocycles. The molecule has 2 aliphatic rings. The Morgan fingerprint density at radius 2 is 1.91 bits per heavy atom. The van der Waals surface area contributed by atoms with E-state index in [-0.39, 0.29) is 18.1 Å². The summed E-state index contributed by atoms with van der Waals surface area (Å²) in [5, 5.41) is 0. The summed E-state index contributed by atoms with van der Waals surface area (Å²) >= 11 is 0. The SMILES string of the molecule is Cc1cccc([C@H]2CC[C@@H](OC[C@@H]3CN(c4ccccn4)CC[C@@H]3NS(C)(=O)=O)CC2)c1. The van der Waals surface area contributed by atoms with Gasteiger partial charge in [0.1, 0.15) is 5.82 Å². The molecule has 0 bridgehead atoms. The zero-order valence-electron chi connectivity index (χ0n) is 19.1. The first kappa shape index (κ1) is 23.2. The van der Waals surface area contributed by atoms with Crippen molar-refractivity contribution in [2.45, 2.75) is 57.1 Å². The van der Waals surface area contributed by atoms with Gasteiger partial charge in [-0.25, -0.2) is 18.1 Å². The third-order valence-corrected chi connectivity index (χ3v) is 7.54. The van der Waals surface area contributed by atoms with Crippen LogP contribution in [0.25, 0.3) is 0 Å². The monoisotopic (exact) mass is 457 g/mol. The predicted molar refractivity (Wildman–Crippen MR) is 128 cm³/mol. The molecule has 0 amide bonds. The highest BCUT2D eigenvalue weighted by Crippen LogP contribution is 2.35. The number of hydrogen-bond acceptors (Lipinski definition) is 5. The van der Waals surface area contributed by atoms with Crippen molar-refractivity contribution in [2.75, 3.05) is 30.9 Å². The molecule has 1 aliphatic carbocycles. The van der Waals surface area contributed by atoms with Crippen molar-refractivity contribution in [1.29, 1.82) is 0 Å². The summed E-state index contributed by atoms with van der Waals surface area (Å²) in [4.78, 5) is 6.72. The van der Waals surface area contributed by atoms with E-state index in [0.29, 0.717) is 12.5 Å². The number of ether oxygens (including phenoxy) is 1. The highest BCUT2D eigenvalue weighted by molar-refractivity contribution is 7.88. The van der Waals surface area contributed by atoms with E-state index >= 15 is 0 Å². The fraction of sp³-hybridized carbons (Fsp3) is 0.560. The summed E-state index contributed by atoms with van der Waals surface area (Å²) in [5.41, 5.74) is 2.76. The van der Waals surface area contributed by atoms with Gasteiger partial charge in [0.25, 0.3) is 0 Å². The molecule has 4 rings (SSSR count). The zero-order valence-corrected chi connectivity index (χ0v) is 19.9. The lowest BCUT2D eigenvalue weighted by Gasteiger charge is -2.40. The van der Waals surface area contributed by atoms with Crippen LogP contribution >= 0.6 is 0 Å².